The van der Waals surface area contributed by atoms with Gasteiger partial charge in [0.05, 0.1) is 5.56 Å². The first-order valence-electron chi connectivity index (χ1n) is 6.71. The summed E-state index contributed by atoms with van der Waals surface area (Å²) in [5.74, 6) is -1.12. The van der Waals surface area contributed by atoms with E-state index in [1.807, 2.05) is 0 Å². The van der Waals surface area contributed by atoms with Crippen molar-refractivity contribution >= 4 is 35.3 Å². The van der Waals surface area contributed by atoms with E-state index in [2.05, 4.69) is 12.2 Å². The SMILES string of the molecule is CCCCN1C(=O)C(=Cc2ccc(C(=O)O)cc2)NC1=S. The number of nitrogens with one attached hydrogen (secondary N) is 1. The van der Waals surface area contributed by atoms with Crippen LogP contribution in [-0.4, -0.2) is 33.5 Å². The molecule has 1 aromatic rings. The Balaban J connectivity index is 2.16. The summed E-state index contributed by atoms with van der Waals surface area (Å²) >= 11 is 5.15. The van der Waals surface area contributed by atoms with Gasteiger partial charge in [-0.05, 0) is 42.4 Å². The molecular formula is C15H16N2O3S. The number of unbranched alkanes of at least 4 members (excludes halogenated alkanes) is 1. The first kappa shape index (κ1) is 15.2. The third-order valence-electron chi connectivity index (χ3n) is 3.17. The zero-order valence-corrected chi connectivity index (χ0v) is 12.4. The van der Waals surface area contributed by atoms with Gasteiger partial charge in [-0.3, -0.25) is 9.69 Å². The molecule has 1 aromatic carbocycles. The fourth-order valence-corrected chi connectivity index (χ4v) is 2.26. The van der Waals surface area contributed by atoms with Gasteiger partial charge in [0.1, 0.15) is 5.70 Å². The number of benzene rings is 1. The van der Waals surface area contributed by atoms with Crippen LogP contribution in [0.1, 0.15) is 35.7 Å². The van der Waals surface area contributed by atoms with Crippen LogP contribution < -0.4 is 5.32 Å². The Labute approximate surface area is 128 Å². The lowest BCUT2D eigenvalue weighted by Crippen LogP contribution is -2.31. The molecular weight excluding hydrogens is 288 g/mol. The van der Waals surface area contributed by atoms with Crippen molar-refractivity contribution in [3.63, 3.8) is 0 Å². The smallest absolute Gasteiger partial charge is 0.335 e. The molecule has 0 unspecified atom stereocenters. The Bertz CT molecular complexity index is 608. The minimum absolute atomic E-state index is 0.143. The number of nitrogens with zero attached hydrogens (tertiary/aromatic N) is 1. The molecule has 6 heteroatoms. The Morgan fingerprint density at radius 2 is 2.05 bits per heavy atom. The van der Waals surface area contributed by atoms with Crippen LogP contribution in [0.15, 0.2) is 30.0 Å². The normalized spacial score (nSPS) is 16.4. The van der Waals surface area contributed by atoms with Crippen molar-refractivity contribution in [2.24, 2.45) is 0 Å². The first-order chi connectivity index (χ1) is 10.0. The lowest BCUT2D eigenvalue weighted by Gasteiger charge is -2.12. The van der Waals surface area contributed by atoms with Gasteiger partial charge in [-0.2, -0.15) is 0 Å². The highest BCUT2D eigenvalue weighted by Crippen LogP contribution is 2.15. The van der Waals surface area contributed by atoms with Gasteiger partial charge in [0, 0.05) is 6.54 Å². The molecule has 1 heterocycles. The van der Waals surface area contributed by atoms with Crippen molar-refractivity contribution in [1.29, 1.82) is 0 Å². The van der Waals surface area contributed by atoms with Crippen LogP contribution in [0.5, 0.6) is 0 Å². The second-order valence-electron chi connectivity index (χ2n) is 4.73. The van der Waals surface area contributed by atoms with Gasteiger partial charge in [-0.25, -0.2) is 4.79 Å². The molecule has 0 saturated carbocycles. The van der Waals surface area contributed by atoms with Crippen molar-refractivity contribution in [3.8, 4) is 0 Å². The average molecular weight is 304 g/mol. The molecule has 1 aliphatic rings. The van der Waals surface area contributed by atoms with Crippen LogP contribution in [-0.2, 0) is 4.79 Å². The number of rotatable bonds is 5. The third-order valence-corrected chi connectivity index (χ3v) is 3.49. The van der Waals surface area contributed by atoms with Gasteiger partial charge in [-0.15, -0.1) is 0 Å². The van der Waals surface area contributed by atoms with E-state index in [-0.39, 0.29) is 11.5 Å². The summed E-state index contributed by atoms with van der Waals surface area (Å²) in [5, 5.41) is 12.2. The number of carbonyl (C=O) groups excluding carboxylic acids is 1. The number of aromatic carboxylic acids is 1. The monoisotopic (exact) mass is 304 g/mol. The summed E-state index contributed by atoms with van der Waals surface area (Å²) in [4.78, 5) is 24.6. The molecule has 1 amide bonds. The topological polar surface area (TPSA) is 69.6 Å². The fourth-order valence-electron chi connectivity index (χ4n) is 1.98. The Hall–Kier alpha value is -2.21. The maximum absolute atomic E-state index is 12.2. The maximum Gasteiger partial charge on any atom is 0.335 e. The fraction of sp³-hybridized carbons (Fsp3) is 0.267. The van der Waals surface area contributed by atoms with Gasteiger partial charge in [0.2, 0.25) is 0 Å². The Kier molecular flexibility index (Phi) is 4.70. The summed E-state index contributed by atoms with van der Waals surface area (Å²) in [5.41, 5.74) is 1.37. The predicted octanol–water partition coefficient (Wildman–Crippen LogP) is 2.24. The number of hydrogen-bond donors (Lipinski definition) is 2. The van der Waals surface area contributed by atoms with Crippen molar-refractivity contribution in [1.82, 2.24) is 10.2 Å². The molecule has 110 valence electrons. The zero-order valence-electron chi connectivity index (χ0n) is 11.6. The molecule has 0 atom stereocenters. The van der Waals surface area contributed by atoms with Gasteiger partial charge in [-0.1, -0.05) is 25.5 Å². The third kappa shape index (κ3) is 3.46. The summed E-state index contributed by atoms with van der Waals surface area (Å²) in [6.45, 7) is 2.66. The zero-order chi connectivity index (χ0) is 15.4. The van der Waals surface area contributed by atoms with Gasteiger partial charge >= 0.3 is 5.97 Å². The largest absolute Gasteiger partial charge is 0.478 e. The number of carbonyl (C=O) groups is 2. The van der Waals surface area contributed by atoms with Crippen molar-refractivity contribution in [3.05, 3.63) is 41.1 Å². The second-order valence-corrected chi connectivity index (χ2v) is 5.11. The van der Waals surface area contributed by atoms with E-state index in [0.29, 0.717) is 17.4 Å². The van der Waals surface area contributed by atoms with Crippen molar-refractivity contribution in [2.45, 2.75) is 19.8 Å². The number of carboxylic acids is 1. The maximum atomic E-state index is 12.2. The van der Waals surface area contributed by atoms with Crippen molar-refractivity contribution < 1.29 is 14.7 Å². The summed E-state index contributed by atoms with van der Waals surface area (Å²) in [7, 11) is 0. The van der Waals surface area contributed by atoms with Crippen molar-refractivity contribution in [2.75, 3.05) is 6.54 Å². The summed E-state index contributed by atoms with van der Waals surface area (Å²) < 4.78 is 0. The van der Waals surface area contributed by atoms with Gasteiger partial charge < -0.3 is 10.4 Å². The molecule has 5 nitrogen and oxygen atoms in total. The molecule has 2 rings (SSSR count). The average Bonchev–Trinajstić information content (AvgIpc) is 2.72. The highest BCUT2D eigenvalue weighted by Gasteiger charge is 2.29. The highest BCUT2D eigenvalue weighted by atomic mass is 32.1. The second kappa shape index (κ2) is 6.49. The number of hydrogen-bond acceptors (Lipinski definition) is 3. The van der Waals surface area contributed by atoms with E-state index in [4.69, 9.17) is 17.3 Å². The molecule has 0 aliphatic carbocycles. The van der Waals surface area contributed by atoms with E-state index in [1.54, 1.807) is 23.1 Å². The molecule has 21 heavy (non-hydrogen) atoms. The number of amides is 1. The molecule has 2 N–H and O–H groups in total. The van der Waals surface area contributed by atoms with Crippen LogP contribution in [0.2, 0.25) is 0 Å². The highest BCUT2D eigenvalue weighted by molar-refractivity contribution is 7.80. The minimum atomic E-state index is -0.976. The molecule has 0 bridgehead atoms. The van der Waals surface area contributed by atoms with Crippen LogP contribution in [0.4, 0.5) is 0 Å². The number of carboxylic acid groups (broad SMARTS) is 1. The first-order valence-corrected chi connectivity index (χ1v) is 7.11. The van der Waals surface area contributed by atoms with E-state index in [9.17, 15) is 9.59 Å². The molecule has 1 fully saturated rings. The number of thiocarbonyl (C=S) groups is 1. The van der Waals surface area contributed by atoms with Crippen LogP contribution in [0, 0.1) is 0 Å². The summed E-state index contributed by atoms with van der Waals surface area (Å²) in [6, 6.07) is 6.31. The Morgan fingerprint density at radius 3 is 2.62 bits per heavy atom. The standard InChI is InChI=1S/C15H16N2O3S/c1-2-3-8-17-13(18)12(16-15(17)21)9-10-4-6-11(7-5-10)14(19)20/h4-7,9H,2-3,8H2,1H3,(H,16,21)(H,19,20). The minimum Gasteiger partial charge on any atom is -0.478 e. The molecule has 0 aromatic heterocycles. The Morgan fingerprint density at radius 1 is 1.38 bits per heavy atom. The van der Waals surface area contributed by atoms with Crippen LogP contribution >= 0.6 is 12.2 Å². The quantitative estimate of drug-likeness (QED) is 0.645. The van der Waals surface area contributed by atoms with Crippen LogP contribution in [0.25, 0.3) is 6.08 Å². The molecule has 0 radical (unpaired) electrons. The lowest BCUT2D eigenvalue weighted by molar-refractivity contribution is -0.122. The molecule has 0 spiro atoms. The summed E-state index contributed by atoms with van der Waals surface area (Å²) in [6.07, 6.45) is 3.56. The van der Waals surface area contributed by atoms with Gasteiger partial charge in [0.25, 0.3) is 5.91 Å². The van der Waals surface area contributed by atoms with E-state index < -0.39 is 5.97 Å². The molecule has 1 aliphatic heterocycles. The van der Waals surface area contributed by atoms with E-state index in [0.717, 1.165) is 18.4 Å². The lowest BCUT2D eigenvalue weighted by atomic mass is 10.1. The van der Waals surface area contributed by atoms with Crippen LogP contribution in [0.3, 0.4) is 0 Å². The van der Waals surface area contributed by atoms with E-state index in [1.165, 1.54) is 12.1 Å². The van der Waals surface area contributed by atoms with Gasteiger partial charge in [0.15, 0.2) is 5.11 Å². The molecule has 1 saturated heterocycles. The van der Waals surface area contributed by atoms with E-state index >= 15 is 0 Å². The predicted molar refractivity (Wildman–Crippen MR) is 83.7 cm³/mol.